The van der Waals surface area contributed by atoms with Gasteiger partial charge in [-0.2, -0.15) is 0 Å². The van der Waals surface area contributed by atoms with Gasteiger partial charge in [0.15, 0.2) is 0 Å². The lowest BCUT2D eigenvalue weighted by Crippen LogP contribution is -2.28. The summed E-state index contributed by atoms with van der Waals surface area (Å²) in [6.45, 7) is 0.592. The second-order valence-corrected chi connectivity index (χ2v) is 8.13. The molecule has 0 saturated carbocycles. The minimum Gasteiger partial charge on any atom is -0.449 e. The Balaban J connectivity index is 1.77. The van der Waals surface area contributed by atoms with Crippen LogP contribution in [-0.4, -0.2) is 36.5 Å². The molecular formula is C21H18BrClN4O3. The predicted octanol–water partition coefficient (Wildman–Crippen LogP) is 4.32. The Morgan fingerprint density at radius 2 is 2.10 bits per heavy atom. The van der Waals surface area contributed by atoms with Crippen LogP contribution >= 0.6 is 27.5 Å². The summed E-state index contributed by atoms with van der Waals surface area (Å²) < 4.78 is 6.52. The highest BCUT2D eigenvalue weighted by molar-refractivity contribution is 9.10. The van der Waals surface area contributed by atoms with Gasteiger partial charge in [-0.05, 0) is 43.4 Å². The van der Waals surface area contributed by atoms with Crippen molar-refractivity contribution in [1.29, 1.82) is 0 Å². The fourth-order valence-corrected chi connectivity index (χ4v) is 3.83. The SMILES string of the molecule is CNCCC(=O)N(C)c1ccc(-c2nc3c(oc4ccc(Br)cc43)c(=O)[nH]2)c(Cl)c1. The van der Waals surface area contributed by atoms with Crippen LogP contribution in [0.2, 0.25) is 5.02 Å². The molecule has 0 aliphatic heterocycles. The number of hydrogen-bond donors (Lipinski definition) is 2. The largest absolute Gasteiger partial charge is 0.449 e. The molecule has 0 bridgehead atoms. The summed E-state index contributed by atoms with van der Waals surface area (Å²) >= 11 is 9.93. The van der Waals surface area contributed by atoms with Gasteiger partial charge in [0.05, 0.1) is 5.02 Å². The van der Waals surface area contributed by atoms with Crippen LogP contribution < -0.4 is 15.8 Å². The van der Waals surface area contributed by atoms with E-state index in [1.165, 1.54) is 0 Å². The maximum absolute atomic E-state index is 12.6. The first kappa shape index (κ1) is 20.6. The molecule has 2 heterocycles. The summed E-state index contributed by atoms with van der Waals surface area (Å²) in [6.07, 6.45) is 0.376. The Kier molecular flexibility index (Phi) is 5.64. The normalized spacial score (nSPS) is 11.3. The molecule has 9 heteroatoms. The number of carbonyl (C=O) groups excluding carboxylic acids is 1. The molecule has 0 radical (unpaired) electrons. The number of halogens is 2. The number of nitrogens with zero attached hydrogens (tertiary/aromatic N) is 2. The van der Waals surface area contributed by atoms with Gasteiger partial charge >= 0.3 is 0 Å². The summed E-state index contributed by atoms with van der Waals surface area (Å²) in [5.41, 5.74) is 2.03. The van der Waals surface area contributed by atoms with E-state index in [2.05, 4.69) is 31.2 Å². The number of fused-ring (bicyclic) bond motifs is 3. The first-order valence-corrected chi connectivity index (χ1v) is 10.4. The van der Waals surface area contributed by atoms with Crippen molar-refractivity contribution >= 4 is 61.2 Å². The van der Waals surface area contributed by atoms with E-state index in [4.69, 9.17) is 16.0 Å². The summed E-state index contributed by atoms with van der Waals surface area (Å²) in [5, 5.41) is 4.06. The quantitative estimate of drug-likeness (QED) is 0.435. The van der Waals surface area contributed by atoms with Gasteiger partial charge in [-0.3, -0.25) is 9.59 Å². The predicted molar refractivity (Wildman–Crippen MR) is 122 cm³/mol. The summed E-state index contributed by atoms with van der Waals surface area (Å²) in [4.78, 5) is 33.7. The number of H-pyrrole nitrogens is 1. The zero-order chi connectivity index (χ0) is 21.4. The molecule has 0 unspecified atom stereocenters. The summed E-state index contributed by atoms with van der Waals surface area (Å²) in [5.74, 6) is 0.299. The maximum Gasteiger partial charge on any atom is 0.294 e. The second kappa shape index (κ2) is 8.22. The maximum atomic E-state index is 12.6. The number of benzene rings is 2. The minimum absolute atomic E-state index is 0.0310. The fraction of sp³-hybridized carbons (Fsp3) is 0.190. The third-order valence-corrected chi connectivity index (χ3v) is 5.65. The van der Waals surface area contributed by atoms with Crippen LogP contribution in [0.15, 0.2) is 50.1 Å². The first-order valence-electron chi connectivity index (χ1n) is 9.22. The highest BCUT2D eigenvalue weighted by Gasteiger charge is 2.17. The number of nitrogens with one attached hydrogen (secondary N) is 2. The van der Waals surface area contributed by atoms with E-state index >= 15 is 0 Å². The molecular weight excluding hydrogens is 472 g/mol. The van der Waals surface area contributed by atoms with Crippen LogP contribution in [0.4, 0.5) is 5.69 Å². The number of amides is 1. The zero-order valence-corrected chi connectivity index (χ0v) is 18.6. The lowest BCUT2D eigenvalue weighted by Gasteiger charge is -2.18. The van der Waals surface area contributed by atoms with Gasteiger partial charge in [0.1, 0.15) is 16.9 Å². The van der Waals surface area contributed by atoms with Crippen molar-refractivity contribution in [3.63, 3.8) is 0 Å². The number of furan rings is 1. The number of carbonyl (C=O) groups is 1. The molecule has 2 N–H and O–H groups in total. The molecule has 0 atom stereocenters. The van der Waals surface area contributed by atoms with Crippen LogP contribution in [0.1, 0.15) is 6.42 Å². The van der Waals surface area contributed by atoms with Crippen molar-refractivity contribution in [2.75, 3.05) is 25.5 Å². The molecule has 2 aromatic heterocycles. The standard InChI is InChI=1S/C21H18BrClN4O3/c1-24-8-7-17(28)27(2)12-4-5-13(15(23)10-12)20-25-18-14-9-11(22)3-6-16(14)30-19(18)21(29)26-20/h3-6,9-10,24H,7-8H2,1-2H3,(H,25,26,29). The number of aromatic nitrogens is 2. The fourth-order valence-electron chi connectivity index (χ4n) is 3.20. The smallest absolute Gasteiger partial charge is 0.294 e. The summed E-state index contributed by atoms with van der Waals surface area (Å²) in [6, 6.07) is 10.7. The Morgan fingerprint density at radius 3 is 2.83 bits per heavy atom. The Hall–Kier alpha value is -2.68. The van der Waals surface area contributed by atoms with E-state index in [1.54, 1.807) is 43.3 Å². The van der Waals surface area contributed by atoms with Crippen molar-refractivity contribution in [3.8, 4) is 11.4 Å². The van der Waals surface area contributed by atoms with Crippen molar-refractivity contribution in [3.05, 3.63) is 56.2 Å². The Labute approximate surface area is 185 Å². The molecule has 0 fully saturated rings. The molecule has 0 aliphatic rings. The average Bonchev–Trinajstić information content (AvgIpc) is 3.09. The lowest BCUT2D eigenvalue weighted by atomic mass is 10.1. The molecule has 0 aliphatic carbocycles. The van der Waals surface area contributed by atoms with E-state index in [0.717, 1.165) is 9.86 Å². The van der Waals surface area contributed by atoms with Gasteiger partial charge in [-0.1, -0.05) is 27.5 Å². The molecule has 154 valence electrons. The van der Waals surface area contributed by atoms with Gasteiger partial charge in [0.2, 0.25) is 11.5 Å². The Morgan fingerprint density at radius 1 is 1.30 bits per heavy atom. The molecule has 4 aromatic rings. The molecule has 7 nitrogen and oxygen atoms in total. The van der Waals surface area contributed by atoms with Gasteiger partial charge in [-0.15, -0.1) is 0 Å². The van der Waals surface area contributed by atoms with Crippen molar-refractivity contribution in [2.24, 2.45) is 0 Å². The average molecular weight is 490 g/mol. The number of aromatic amines is 1. The third kappa shape index (κ3) is 3.74. The Bertz CT molecular complexity index is 1330. The van der Waals surface area contributed by atoms with E-state index in [0.29, 0.717) is 46.2 Å². The molecule has 1 amide bonds. The van der Waals surface area contributed by atoms with Gasteiger partial charge in [0, 0.05) is 41.1 Å². The number of rotatable bonds is 5. The van der Waals surface area contributed by atoms with Crippen LogP contribution in [0, 0.1) is 0 Å². The lowest BCUT2D eigenvalue weighted by molar-refractivity contribution is -0.118. The van der Waals surface area contributed by atoms with Crippen LogP contribution in [0.5, 0.6) is 0 Å². The molecule has 0 saturated heterocycles. The topological polar surface area (TPSA) is 91.2 Å². The third-order valence-electron chi connectivity index (χ3n) is 4.84. The van der Waals surface area contributed by atoms with Crippen LogP contribution in [-0.2, 0) is 4.79 Å². The molecule has 2 aromatic carbocycles. The number of hydrogen-bond acceptors (Lipinski definition) is 5. The van der Waals surface area contributed by atoms with Crippen LogP contribution in [0.3, 0.4) is 0 Å². The highest BCUT2D eigenvalue weighted by Crippen LogP contribution is 2.32. The van der Waals surface area contributed by atoms with E-state index in [-0.39, 0.29) is 17.0 Å². The first-order chi connectivity index (χ1) is 14.4. The van der Waals surface area contributed by atoms with Gasteiger partial charge < -0.3 is 19.6 Å². The van der Waals surface area contributed by atoms with E-state index in [9.17, 15) is 9.59 Å². The van der Waals surface area contributed by atoms with Crippen molar-refractivity contribution in [1.82, 2.24) is 15.3 Å². The zero-order valence-electron chi connectivity index (χ0n) is 16.3. The second-order valence-electron chi connectivity index (χ2n) is 6.81. The van der Waals surface area contributed by atoms with Gasteiger partial charge in [-0.25, -0.2) is 4.98 Å². The van der Waals surface area contributed by atoms with E-state index < -0.39 is 0 Å². The highest BCUT2D eigenvalue weighted by atomic mass is 79.9. The minimum atomic E-state index is -0.387. The van der Waals surface area contributed by atoms with Gasteiger partial charge in [0.25, 0.3) is 5.56 Å². The number of anilines is 1. The van der Waals surface area contributed by atoms with Crippen LogP contribution in [0.25, 0.3) is 33.5 Å². The van der Waals surface area contributed by atoms with E-state index in [1.807, 2.05) is 12.1 Å². The van der Waals surface area contributed by atoms with Crippen molar-refractivity contribution < 1.29 is 9.21 Å². The molecule has 4 rings (SSSR count). The monoisotopic (exact) mass is 488 g/mol. The molecule has 0 spiro atoms. The summed E-state index contributed by atoms with van der Waals surface area (Å²) in [7, 11) is 3.50. The van der Waals surface area contributed by atoms with Crippen molar-refractivity contribution in [2.45, 2.75) is 6.42 Å². The molecule has 30 heavy (non-hydrogen) atoms.